The van der Waals surface area contributed by atoms with Gasteiger partial charge in [0.25, 0.3) is 5.69 Å². The summed E-state index contributed by atoms with van der Waals surface area (Å²) in [5, 5.41) is 15.4. The van der Waals surface area contributed by atoms with Crippen molar-refractivity contribution in [3.05, 3.63) is 27.8 Å². The van der Waals surface area contributed by atoms with Crippen LogP contribution in [-0.2, 0) is 10.0 Å². The minimum Gasteiger partial charge on any atom is -0.392 e. The highest BCUT2D eigenvalue weighted by Gasteiger charge is 2.24. The van der Waals surface area contributed by atoms with Crippen LogP contribution in [0.5, 0.6) is 0 Å². The zero-order chi connectivity index (χ0) is 13.4. The molecule has 0 saturated heterocycles. The number of primary amides is 1. The van der Waals surface area contributed by atoms with E-state index in [1.807, 2.05) is 0 Å². The average Bonchev–Trinajstić information content (AvgIpc) is 2.15. The summed E-state index contributed by atoms with van der Waals surface area (Å²) in [5.74, 6) is -1.03. The number of nitrogens with two attached hydrogens (primary N) is 3. The predicted octanol–water partition coefficient (Wildman–Crippen LogP) is -1.08. The highest BCUT2D eigenvalue weighted by molar-refractivity contribution is 7.89. The van der Waals surface area contributed by atoms with Crippen molar-refractivity contribution in [2.24, 2.45) is 10.9 Å². The summed E-state index contributed by atoms with van der Waals surface area (Å²) < 4.78 is 22.3. The van der Waals surface area contributed by atoms with E-state index in [1.165, 1.54) is 0 Å². The van der Waals surface area contributed by atoms with Crippen molar-refractivity contribution in [1.82, 2.24) is 0 Å². The van der Waals surface area contributed by atoms with E-state index in [4.69, 9.17) is 16.6 Å². The number of hydrogen-bond acceptors (Lipinski definition) is 6. The summed E-state index contributed by atoms with van der Waals surface area (Å²) >= 11 is 0. The van der Waals surface area contributed by atoms with Crippen molar-refractivity contribution in [2.75, 3.05) is 5.73 Å². The average molecular weight is 260 g/mol. The van der Waals surface area contributed by atoms with Crippen LogP contribution < -0.4 is 16.6 Å². The fourth-order valence-corrected chi connectivity index (χ4v) is 1.84. The Labute approximate surface area is 95.4 Å². The first-order valence-electron chi connectivity index (χ1n) is 4.05. The Balaban J connectivity index is 3.73. The largest absolute Gasteiger partial charge is 0.392 e. The fraction of sp³-hybridized carbons (Fsp3) is 0. The van der Waals surface area contributed by atoms with Gasteiger partial charge in [0.1, 0.15) is 10.6 Å². The number of nitro groups is 1. The van der Waals surface area contributed by atoms with E-state index in [9.17, 15) is 23.3 Å². The number of benzene rings is 1. The van der Waals surface area contributed by atoms with Gasteiger partial charge in [-0.05, 0) is 6.07 Å². The van der Waals surface area contributed by atoms with E-state index in [-0.39, 0.29) is 5.56 Å². The molecule has 0 aliphatic rings. The van der Waals surface area contributed by atoms with Crippen LogP contribution in [0.3, 0.4) is 0 Å². The van der Waals surface area contributed by atoms with Gasteiger partial charge in [0.2, 0.25) is 15.9 Å². The Bertz CT molecular complexity index is 609. The molecule has 0 aliphatic carbocycles. The number of carbonyl (C=O) groups excluding carboxylic acids is 1. The summed E-state index contributed by atoms with van der Waals surface area (Å²) in [4.78, 5) is 19.9. The lowest BCUT2D eigenvalue weighted by Crippen LogP contribution is -2.18. The number of amides is 1. The molecular formula is C7H8N4O5S. The molecule has 17 heavy (non-hydrogen) atoms. The number of anilines is 1. The van der Waals surface area contributed by atoms with E-state index in [2.05, 4.69) is 0 Å². The van der Waals surface area contributed by atoms with E-state index < -0.39 is 37.1 Å². The molecule has 0 heterocycles. The molecule has 0 spiro atoms. The monoisotopic (exact) mass is 260 g/mol. The molecule has 10 heteroatoms. The first-order valence-corrected chi connectivity index (χ1v) is 5.59. The first kappa shape index (κ1) is 12.9. The Morgan fingerprint density at radius 3 is 2.24 bits per heavy atom. The molecule has 1 aromatic rings. The van der Waals surface area contributed by atoms with Crippen LogP contribution in [0.25, 0.3) is 0 Å². The number of sulfonamides is 1. The number of primary sulfonamides is 1. The molecule has 1 amide bonds. The van der Waals surface area contributed by atoms with Crippen molar-refractivity contribution in [3.8, 4) is 0 Å². The van der Waals surface area contributed by atoms with E-state index in [0.29, 0.717) is 0 Å². The molecule has 1 aromatic carbocycles. The highest BCUT2D eigenvalue weighted by atomic mass is 32.2. The summed E-state index contributed by atoms with van der Waals surface area (Å²) in [6, 6.07) is 1.58. The molecule has 0 radical (unpaired) electrons. The minimum atomic E-state index is -4.28. The van der Waals surface area contributed by atoms with Crippen molar-refractivity contribution in [2.45, 2.75) is 4.90 Å². The number of nitro benzene ring substituents is 1. The smallest absolute Gasteiger partial charge is 0.294 e. The molecular weight excluding hydrogens is 252 g/mol. The molecule has 92 valence electrons. The maximum atomic E-state index is 11.1. The lowest BCUT2D eigenvalue weighted by Gasteiger charge is -2.05. The summed E-state index contributed by atoms with van der Waals surface area (Å²) in [7, 11) is -4.28. The van der Waals surface area contributed by atoms with E-state index in [0.717, 1.165) is 12.1 Å². The number of rotatable bonds is 3. The number of carbonyl (C=O) groups is 1. The van der Waals surface area contributed by atoms with E-state index >= 15 is 0 Å². The third-order valence-corrected chi connectivity index (χ3v) is 2.86. The van der Waals surface area contributed by atoms with Crippen molar-refractivity contribution in [3.63, 3.8) is 0 Å². The normalized spacial score (nSPS) is 11.1. The second-order valence-electron chi connectivity index (χ2n) is 3.07. The molecule has 0 aromatic heterocycles. The summed E-state index contributed by atoms with van der Waals surface area (Å²) in [5.41, 5.74) is 8.45. The molecule has 0 aliphatic heterocycles. The van der Waals surface area contributed by atoms with Gasteiger partial charge in [-0.2, -0.15) is 0 Å². The second-order valence-corrected chi connectivity index (χ2v) is 4.60. The van der Waals surface area contributed by atoms with Crippen molar-refractivity contribution in [1.29, 1.82) is 0 Å². The van der Waals surface area contributed by atoms with Crippen molar-refractivity contribution < 1.29 is 18.1 Å². The Morgan fingerprint density at radius 2 is 1.88 bits per heavy atom. The van der Waals surface area contributed by atoms with Crippen LogP contribution in [0.1, 0.15) is 10.4 Å². The molecule has 1 rings (SSSR count). The number of hydrogen-bond donors (Lipinski definition) is 3. The van der Waals surface area contributed by atoms with Gasteiger partial charge in [-0.3, -0.25) is 14.9 Å². The molecule has 0 fully saturated rings. The third-order valence-electron chi connectivity index (χ3n) is 1.91. The first-order chi connectivity index (χ1) is 7.64. The predicted molar refractivity (Wildman–Crippen MR) is 57.4 cm³/mol. The maximum absolute atomic E-state index is 11.1. The summed E-state index contributed by atoms with van der Waals surface area (Å²) in [6.07, 6.45) is 0. The zero-order valence-electron chi connectivity index (χ0n) is 8.28. The molecule has 0 bridgehead atoms. The van der Waals surface area contributed by atoms with Crippen LogP contribution in [0, 0.1) is 10.1 Å². The molecule has 0 atom stereocenters. The minimum absolute atomic E-state index is 0.366. The Hall–Kier alpha value is -2.20. The lowest BCUT2D eigenvalue weighted by molar-refractivity contribution is -0.384. The van der Waals surface area contributed by atoms with Crippen LogP contribution in [0.15, 0.2) is 17.0 Å². The fourth-order valence-electron chi connectivity index (χ4n) is 1.14. The standard InChI is InChI=1S/C7H8N4O5S/c8-6-4(11(13)14)1-3(7(9)12)2-5(6)17(10,15)16/h1-2H,8H2,(H2,9,12)(H2,10,15,16). The number of nitrogens with zero attached hydrogens (tertiary/aromatic N) is 1. The van der Waals surface area contributed by atoms with Gasteiger partial charge in [-0.25, -0.2) is 13.6 Å². The van der Waals surface area contributed by atoms with Gasteiger partial charge < -0.3 is 11.5 Å². The van der Waals surface area contributed by atoms with Crippen LogP contribution in [0.2, 0.25) is 0 Å². The quantitative estimate of drug-likeness (QED) is 0.354. The van der Waals surface area contributed by atoms with Gasteiger partial charge in [0.05, 0.1) is 4.92 Å². The molecule has 6 N–H and O–H groups in total. The molecule has 0 unspecified atom stereocenters. The van der Waals surface area contributed by atoms with Crippen LogP contribution >= 0.6 is 0 Å². The van der Waals surface area contributed by atoms with Gasteiger partial charge in [0, 0.05) is 11.6 Å². The Kier molecular flexibility index (Phi) is 3.02. The SMILES string of the molecule is NC(=O)c1cc([N+](=O)[O-])c(N)c(S(N)(=O)=O)c1. The zero-order valence-corrected chi connectivity index (χ0v) is 9.10. The summed E-state index contributed by atoms with van der Waals surface area (Å²) in [6.45, 7) is 0. The van der Waals surface area contributed by atoms with Gasteiger partial charge >= 0.3 is 0 Å². The number of nitrogen functional groups attached to an aromatic ring is 1. The molecule has 9 nitrogen and oxygen atoms in total. The van der Waals surface area contributed by atoms with Gasteiger partial charge in [-0.15, -0.1) is 0 Å². The third kappa shape index (κ3) is 2.49. The molecule has 0 saturated carbocycles. The highest BCUT2D eigenvalue weighted by Crippen LogP contribution is 2.29. The van der Waals surface area contributed by atoms with Gasteiger partial charge in [0.15, 0.2) is 0 Å². The van der Waals surface area contributed by atoms with E-state index in [1.54, 1.807) is 0 Å². The maximum Gasteiger partial charge on any atom is 0.294 e. The van der Waals surface area contributed by atoms with Gasteiger partial charge in [-0.1, -0.05) is 0 Å². The Morgan fingerprint density at radius 1 is 1.35 bits per heavy atom. The lowest BCUT2D eigenvalue weighted by atomic mass is 10.1. The topological polar surface area (TPSA) is 172 Å². The van der Waals surface area contributed by atoms with Crippen LogP contribution in [0.4, 0.5) is 11.4 Å². The van der Waals surface area contributed by atoms with Crippen molar-refractivity contribution >= 4 is 27.3 Å². The second kappa shape index (κ2) is 3.99. The van der Waals surface area contributed by atoms with Crippen LogP contribution in [-0.4, -0.2) is 19.2 Å².